The Kier molecular flexibility index (Phi) is 3.32. The molecule has 0 aromatic heterocycles. The van der Waals surface area contributed by atoms with Gasteiger partial charge in [-0.1, -0.05) is 18.2 Å². The summed E-state index contributed by atoms with van der Waals surface area (Å²) in [6.45, 7) is 0.994. The minimum atomic E-state index is 0.994. The smallest absolute Gasteiger partial charge is 0.0406 e. The quantitative estimate of drug-likeness (QED) is 0.696. The van der Waals surface area contributed by atoms with E-state index in [-0.39, 0.29) is 0 Å². The van der Waals surface area contributed by atoms with Crippen LogP contribution in [-0.4, -0.2) is 33.1 Å². The molecule has 1 aromatic carbocycles. The van der Waals surface area contributed by atoms with E-state index in [1.165, 1.54) is 11.3 Å². The molecule has 0 unspecified atom stereocenters. The predicted octanol–water partition coefficient (Wildman–Crippen LogP) is 1.81. The Morgan fingerprint density at radius 2 is 1.62 bits per heavy atom. The summed E-state index contributed by atoms with van der Waals surface area (Å²) in [4.78, 5) is 4.33. The molecule has 0 bridgehead atoms. The fourth-order valence-electron chi connectivity index (χ4n) is 1.42. The lowest BCUT2D eigenvalue weighted by Crippen LogP contribution is -2.16. The van der Waals surface area contributed by atoms with Gasteiger partial charge in [-0.05, 0) is 25.7 Å². The van der Waals surface area contributed by atoms with Gasteiger partial charge in [-0.3, -0.25) is 0 Å². The second kappa shape index (κ2) is 4.28. The summed E-state index contributed by atoms with van der Waals surface area (Å²) >= 11 is 0. The minimum absolute atomic E-state index is 0.994. The van der Waals surface area contributed by atoms with Gasteiger partial charge in [0.2, 0.25) is 0 Å². The highest BCUT2D eigenvalue weighted by molar-refractivity contribution is 5.52. The summed E-state index contributed by atoms with van der Waals surface area (Å²) < 4.78 is 0. The highest BCUT2D eigenvalue weighted by atomic mass is 15.1. The van der Waals surface area contributed by atoms with E-state index in [2.05, 4.69) is 62.3 Å². The van der Waals surface area contributed by atoms with Crippen molar-refractivity contribution in [2.45, 2.75) is 6.54 Å². The molecule has 0 amide bonds. The van der Waals surface area contributed by atoms with Crippen LogP contribution in [-0.2, 0) is 6.54 Å². The van der Waals surface area contributed by atoms with Gasteiger partial charge in [-0.25, -0.2) is 0 Å². The highest BCUT2D eigenvalue weighted by Crippen LogP contribution is 2.18. The van der Waals surface area contributed by atoms with Crippen molar-refractivity contribution >= 4 is 5.69 Å². The van der Waals surface area contributed by atoms with Crippen molar-refractivity contribution in [1.29, 1.82) is 0 Å². The summed E-state index contributed by atoms with van der Waals surface area (Å²) in [7, 11) is 8.34. The van der Waals surface area contributed by atoms with E-state index in [0.717, 1.165) is 6.54 Å². The Balaban J connectivity index is 2.91. The summed E-state index contributed by atoms with van der Waals surface area (Å²) in [6, 6.07) is 8.49. The maximum absolute atomic E-state index is 2.18. The third-order valence-electron chi connectivity index (χ3n) is 1.96. The summed E-state index contributed by atoms with van der Waals surface area (Å²) in [6.07, 6.45) is 0. The molecule has 0 spiro atoms. The maximum Gasteiger partial charge on any atom is 0.0406 e. The molecule has 0 saturated heterocycles. The second-order valence-electron chi connectivity index (χ2n) is 3.76. The zero-order valence-electron chi connectivity index (χ0n) is 8.91. The van der Waals surface area contributed by atoms with Crippen LogP contribution < -0.4 is 4.90 Å². The number of rotatable bonds is 3. The largest absolute Gasteiger partial charge is 0.377 e. The SMILES string of the molecule is CN(C)Cc1ccccc1N(C)C. The standard InChI is InChI=1S/C11H18N2/c1-12(2)9-10-7-5-6-8-11(10)13(3)4/h5-8H,9H2,1-4H3. The van der Waals surface area contributed by atoms with Crippen LogP contribution in [0.25, 0.3) is 0 Å². The Bertz CT molecular complexity index is 267. The van der Waals surface area contributed by atoms with Crippen LogP contribution in [0.2, 0.25) is 0 Å². The maximum atomic E-state index is 2.18. The highest BCUT2D eigenvalue weighted by Gasteiger charge is 2.03. The van der Waals surface area contributed by atoms with Crippen molar-refractivity contribution in [2.24, 2.45) is 0 Å². The molecular formula is C11H18N2. The van der Waals surface area contributed by atoms with E-state index in [4.69, 9.17) is 0 Å². The van der Waals surface area contributed by atoms with Gasteiger partial charge >= 0.3 is 0 Å². The molecule has 2 heteroatoms. The molecule has 0 aliphatic carbocycles. The zero-order valence-corrected chi connectivity index (χ0v) is 8.91. The normalized spacial score (nSPS) is 10.5. The van der Waals surface area contributed by atoms with Crippen LogP contribution >= 0.6 is 0 Å². The van der Waals surface area contributed by atoms with Gasteiger partial charge in [-0.15, -0.1) is 0 Å². The number of para-hydroxylation sites is 1. The van der Waals surface area contributed by atoms with Crippen molar-refractivity contribution in [2.75, 3.05) is 33.1 Å². The molecule has 0 fully saturated rings. The van der Waals surface area contributed by atoms with Crippen molar-refractivity contribution in [3.63, 3.8) is 0 Å². The number of hydrogen-bond donors (Lipinski definition) is 0. The van der Waals surface area contributed by atoms with Crippen LogP contribution in [0.15, 0.2) is 24.3 Å². The Labute approximate surface area is 80.8 Å². The van der Waals surface area contributed by atoms with Gasteiger partial charge in [0, 0.05) is 26.3 Å². The van der Waals surface area contributed by atoms with E-state index < -0.39 is 0 Å². The lowest BCUT2D eigenvalue weighted by atomic mass is 10.1. The van der Waals surface area contributed by atoms with Crippen molar-refractivity contribution in [3.05, 3.63) is 29.8 Å². The van der Waals surface area contributed by atoms with Crippen LogP contribution in [0, 0.1) is 0 Å². The molecule has 0 heterocycles. The first kappa shape index (κ1) is 10.1. The van der Waals surface area contributed by atoms with Crippen LogP contribution in [0.4, 0.5) is 5.69 Å². The Morgan fingerprint density at radius 3 is 2.15 bits per heavy atom. The molecule has 13 heavy (non-hydrogen) atoms. The Morgan fingerprint density at radius 1 is 1.00 bits per heavy atom. The van der Waals surface area contributed by atoms with Crippen molar-refractivity contribution in [1.82, 2.24) is 4.90 Å². The lowest BCUT2D eigenvalue weighted by molar-refractivity contribution is 0.403. The predicted molar refractivity (Wildman–Crippen MR) is 58.2 cm³/mol. The second-order valence-corrected chi connectivity index (χ2v) is 3.76. The van der Waals surface area contributed by atoms with Gasteiger partial charge in [0.1, 0.15) is 0 Å². The number of benzene rings is 1. The first-order valence-electron chi connectivity index (χ1n) is 4.51. The molecule has 1 aromatic rings. The molecule has 0 radical (unpaired) electrons. The number of anilines is 1. The first-order valence-corrected chi connectivity index (χ1v) is 4.51. The molecule has 1 rings (SSSR count). The molecule has 0 N–H and O–H groups in total. The van der Waals surface area contributed by atoms with Crippen LogP contribution in [0.1, 0.15) is 5.56 Å². The van der Waals surface area contributed by atoms with Crippen LogP contribution in [0.5, 0.6) is 0 Å². The minimum Gasteiger partial charge on any atom is -0.377 e. The zero-order chi connectivity index (χ0) is 9.84. The molecular weight excluding hydrogens is 160 g/mol. The fourth-order valence-corrected chi connectivity index (χ4v) is 1.42. The van der Waals surface area contributed by atoms with Gasteiger partial charge in [-0.2, -0.15) is 0 Å². The van der Waals surface area contributed by atoms with E-state index in [9.17, 15) is 0 Å². The van der Waals surface area contributed by atoms with Gasteiger partial charge < -0.3 is 9.80 Å². The third-order valence-corrected chi connectivity index (χ3v) is 1.96. The first-order chi connectivity index (χ1) is 6.11. The molecule has 0 aliphatic heterocycles. The lowest BCUT2D eigenvalue weighted by Gasteiger charge is -2.19. The average molecular weight is 178 g/mol. The molecule has 72 valence electrons. The molecule has 0 saturated carbocycles. The molecule has 2 nitrogen and oxygen atoms in total. The third kappa shape index (κ3) is 2.74. The average Bonchev–Trinajstić information content (AvgIpc) is 2.03. The van der Waals surface area contributed by atoms with E-state index in [0.29, 0.717) is 0 Å². The number of nitrogens with zero attached hydrogens (tertiary/aromatic N) is 2. The van der Waals surface area contributed by atoms with E-state index >= 15 is 0 Å². The van der Waals surface area contributed by atoms with Gasteiger partial charge in [0.15, 0.2) is 0 Å². The van der Waals surface area contributed by atoms with Crippen LogP contribution in [0.3, 0.4) is 0 Å². The monoisotopic (exact) mass is 178 g/mol. The molecule has 0 atom stereocenters. The van der Waals surface area contributed by atoms with E-state index in [1.807, 2.05) is 0 Å². The topological polar surface area (TPSA) is 6.48 Å². The molecule has 0 aliphatic rings. The summed E-state index contributed by atoms with van der Waals surface area (Å²) in [5.74, 6) is 0. The van der Waals surface area contributed by atoms with Gasteiger partial charge in [0.25, 0.3) is 0 Å². The summed E-state index contributed by atoms with van der Waals surface area (Å²) in [5, 5.41) is 0. The van der Waals surface area contributed by atoms with Gasteiger partial charge in [0.05, 0.1) is 0 Å². The number of hydrogen-bond acceptors (Lipinski definition) is 2. The Hall–Kier alpha value is -1.02. The van der Waals surface area contributed by atoms with Crippen molar-refractivity contribution in [3.8, 4) is 0 Å². The summed E-state index contributed by atoms with van der Waals surface area (Å²) in [5.41, 5.74) is 2.67. The van der Waals surface area contributed by atoms with Crippen molar-refractivity contribution < 1.29 is 0 Å². The fraction of sp³-hybridized carbons (Fsp3) is 0.455. The van der Waals surface area contributed by atoms with E-state index in [1.54, 1.807) is 0 Å².